The van der Waals surface area contributed by atoms with Crippen molar-refractivity contribution in [3.63, 3.8) is 0 Å². The van der Waals surface area contributed by atoms with Crippen molar-refractivity contribution >= 4 is 0 Å². The molecule has 0 radical (unpaired) electrons. The Hall–Kier alpha value is -1.87. The monoisotopic (exact) mass is 215 g/mol. The molecule has 82 valence electrons. The molecule has 0 aliphatic heterocycles. The number of rotatable bonds is 3. The van der Waals surface area contributed by atoms with Gasteiger partial charge in [0.05, 0.1) is 6.10 Å². The van der Waals surface area contributed by atoms with Crippen molar-refractivity contribution in [2.24, 2.45) is 0 Å². The number of pyridine rings is 1. The molecule has 2 aromatic rings. The third kappa shape index (κ3) is 2.58. The molecule has 0 bridgehead atoms. The highest BCUT2D eigenvalue weighted by Gasteiger charge is 2.09. The van der Waals surface area contributed by atoms with Crippen LogP contribution >= 0.6 is 0 Å². The Labute approximate surface area is 94.0 Å². The van der Waals surface area contributed by atoms with E-state index in [0.717, 1.165) is 5.69 Å². The molecule has 1 unspecified atom stereocenters. The van der Waals surface area contributed by atoms with Gasteiger partial charge in [-0.3, -0.25) is 4.98 Å². The van der Waals surface area contributed by atoms with Gasteiger partial charge in [-0.15, -0.1) is 0 Å². The van der Waals surface area contributed by atoms with Crippen molar-refractivity contribution in [2.75, 3.05) is 0 Å². The lowest BCUT2D eigenvalue weighted by Crippen LogP contribution is -2.02. The van der Waals surface area contributed by atoms with E-state index in [0.29, 0.717) is 12.0 Å². The second-order valence-electron chi connectivity index (χ2n) is 3.64. The van der Waals surface area contributed by atoms with E-state index in [-0.39, 0.29) is 5.75 Å². The van der Waals surface area contributed by atoms with Crippen LogP contribution in [0.5, 0.6) is 5.75 Å². The summed E-state index contributed by atoms with van der Waals surface area (Å²) >= 11 is 0. The van der Waals surface area contributed by atoms with E-state index in [2.05, 4.69) is 4.98 Å². The van der Waals surface area contributed by atoms with Crippen LogP contribution in [-0.2, 0) is 6.42 Å². The van der Waals surface area contributed by atoms with Crippen LogP contribution in [0.25, 0.3) is 0 Å². The van der Waals surface area contributed by atoms with Crippen molar-refractivity contribution in [2.45, 2.75) is 12.5 Å². The molecule has 0 saturated heterocycles. The molecular weight excluding hydrogens is 202 g/mol. The summed E-state index contributed by atoms with van der Waals surface area (Å²) in [5, 5.41) is 19.2. The van der Waals surface area contributed by atoms with E-state index >= 15 is 0 Å². The minimum atomic E-state index is -0.637. The standard InChI is InChI=1S/C13H13NO2/c15-12-6-3-4-10(8-12)13(16)9-11-5-1-2-7-14-11/h1-8,13,15-16H,9H2. The number of aliphatic hydroxyl groups is 1. The topological polar surface area (TPSA) is 53.4 Å². The van der Waals surface area contributed by atoms with Crippen molar-refractivity contribution in [1.82, 2.24) is 4.98 Å². The quantitative estimate of drug-likeness (QED) is 0.824. The molecule has 0 fully saturated rings. The average Bonchev–Trinajstić information content (AvgIpc) is 2.30. The van der Waals surface area contributed by atoms with E-state index in [1.165, 1.54) is 0 Å². The smallest absolute Gasteiger partial charge is 0.115 e. The highest BCUT2D eigenvalue weighted by Crippen LogP contribution is 2.20. The van der Waals surface area contributed by atoms with Gasteiger partial charge in [0.25, 0.3) is 0 Å². The van der Waals surface area contributed by atoms with Gasteiger partial charge >= 0.3 is 0 Å². The van der Waals surface area contributed by atoms with Crippen molar-refractivity contribution < 1.29 is 10.2 Å². The summed E-state index contributed by atoms with van der Waals surface area (Å²) in [6, 6.07) is 12.2. The summed E-state index contributed by atoms with van der Waals surface area (Å²) in [6.07, 6.45) is 1.51. The number of benzene rings is 1. The zero-order chi connectivity index (χ0) is 11.4. The number of aromatic nitrogens is 1. The van der Waals surface area contributed by atoms with Crippen LogP contribution in [0.15, 0.2) is 48.7 Å². The summed E-state index contributed by atoms with van der Waals surface area (Å²) in [6.45, 7) is 0. The summed E-state index contributed by atoms with van der Waals surface area (Å²) in [5.74, 6) is 0.164. The van der Waals surface area contributed by atoms with Gasteiger partial charge in [0.15, 0.2) is 0 Å². The molecule has 0 spiro atoms. The molecule has 16 heavy (non-hydrogen) atoms. The first kappa shape index (κ1) is 10.6. The Morgan fingerprint density at radius 3 is 2.69 bits per heavy atom. The number of hydrogen-bond acceptors (Lipinski definition) is 3. The molecule has 0 aliphatic rings. The molecule has 1 aromatic heterocycles. The van der Waals surface area contributed by atoms with Crippen LogP contribution < -0.4 is 0 Å². The number of hydrogen-bond donors (Lipinski definition) is 2. The fourth-order valence-electron chi connectivity index (χ4n) is 1.57. The van der Waals surface area contributed by atoms with Crippen molar-refractivity contribution in [3.8, 4) is 5.75 Å². The first-order chi connectivity index (χ1) is 7.75. The maximum absolute atomic E-state index is 9.95. The summed E-state index contributed by atoms with van der Waals surface area (Å²) in [7, 11) is 0. The normalized spacial score (nSPS) is 12.3. The Morgan fingerprint density at radius 2 is 2.00 bits per heavy atom. The van der Waals surface area contributed by atoms with Crippen LogP contribution in [0.2, 0.25) is 0 Å². The molecule has 1 aromatic carbocycles. The van der Waals surface area contributed by atoms with E-state index in [9.17, 15) is 10.2 Å². The van der Waals surface area contributed by atoms with Crippen LogP contribution in [0.4, 0.5) is 0 Å². The van der Waals surface area contributed by atoms with Gasteiger partial charge in [-0.1, -0.05) is 18.2 Å². The van der Waals surface area contributed by atoms with Gasteiger partial charge in [0.2, 0.25) is 0 Å². The minimum Gasteiger partial charge on any atom is -0.508 e. The van der Waals surface area contributed by atoms with Gasteiger partial charge in [-0.25, -0.2) is 0 Å². The second-order valence-corrected chi connectivity index (χ2v) is 3.64. The van der Waals surface area contributed by atoms with Crippen molar-refractivity contribution in [1.29, 1.82) is 0 Å². The van der Waals surface area contributed by atoms with Crippen LogP contribution in [0.1, 0.15) is 17.4 Å². The Bertz CT molecular complexity index is 456. The predicted octanol–water partition coefficient (Wildman–Crippen LogP) is 2.06. The lowest BCUT2D eigenvalue weighted by atomic mass is 10.0. The van der Waals surface area contributed by atoms with E-state index in [4.69, 9.17) is 0 Å². The van der Waals surface area contributed by atoms with E-state index in [1.54, 1.807) is 30.5 Å². The molecule has 3 heteroatoms. The zero-order valence-corrected chi connectivity index (χ0v) is 8.74. The van der Waals surface area contributed by atoms with Crippen molar-refractivity contribution in [3.05, 3.63) is 59.9 Å². The fourth-order valence-corrected chi connectivity index (χ4v) is 1.57. The largest absolute Gasteiger partial charge is 0.508 e. The predicted molar refractivity (Wildman–Crippen MR) is 61.0 cm³/mol. The first-order valence-electron chi connectivity index (χ1n) is 5.12. The number of nitrogens with zero attached hydrogens (tertiary/aromatic N) is 1. The maximum atomic E-state index is 9.95. The summed E-state index contributed by atoms with van der Waals surface area (Å²) in [4.78, 5) is 4.14. The van der Waals surface area contributed by atoms with Gasteiger partial charge in [-0.2, -0.15) is 0 Å². The Morgan fingerprint density at radius 1 is 1.12 bits per heavy atom. The molecule has 0 aliphatic carbocycles. The molecular formula is C13H13NO2. The maximum Gasteiger partial charge on any atom is 0.115 e. The van der Waals surface area contributed by atoms with Gasteiger partial charge in [0.1, 0.15) is 5.75 Å². The fraction of sp³-hybridized carbons (Fsp3) is 0.154. The average molecular weight is 215 g/mol. The van der Waals surface area contributed by atoms with Gasteiger partial charge in [-0.05, 0) is 29.8 Å². The Kier molecular flexibility index (Phi) is 3.17. The van der Waals surface area contributed by atoms with Crippen LogP contribution in [0, 0.1) is 0 Å². The van der Waals surface area contributed by atoms with E-state index < -0.39 is 6.10 Å². The third-order valence-corrected chi connectivity index (χ3v) is 2.38. The minimum absolute atomic E-state index is 0.164. The molecule has 0 amide bonds. The molecule has 0 saturated carbocycles. The summed E-state index contributed by atoms with van der Waals surface area (Å²) in [5.41, 5.74) is 1.53. The third-order valence-electron chi connectivity index (χ3n) is 2.38. The molecule has 2 rings (SSSR count). The molecule has 3 nitrogen and oxygen atoms in total. The molecule has 1 heterocycles. The second kappa shape index (κ2) is 4.77. The zero-order valence-electron chi connectivity index (χ0n) is 8.74. The number of phenolic OH excluding ortho intramolecular Hbond substituents is 1. The van der Waals surface area contributed by atoms with E-state index in [1.807, 2.05) is 18.2 Å². The number of aliphatic hydroxyl groups excluding tert-OH is 1. The van der Waals surface area contributed by atoms with Crippen LogP contribution in [0.3, 0.4) is 0 Å². The first-order valence-corrected chi connectivity index (χ1v) is 5.12. The summed E-state index contributed by atoms with van der Waals surface area (Å²) < 4.78 is 0. The highest BCUT2D eigenvalue weighted by atomic mass is 16.3. The highest BCUT2D eigenvalue weighted by molar-refractivity contribution is 5.29. The lowest BCUT2D eigenvalue weighted by Gasteiger charge is -2.10. The lowest BCUT2D eigenvalue weighted by molar-refractivity contribution is 0.177. The Balaban J connectivity index is 2.12. The molecule has 2 N–H and O–H groups in total. The van der Waals surface area contributed by atoms with Gasteiger partial charge in [0, 0.05) is 18.3 Å². The number of aromatic hydroxyl groups is 1. The molecule has 1 atom stereocenters. The SMILES string of the molecule is Oc1cccc(C(O)Cc2ccccn2)c1. The van der Waals surface area contributed by atoms with Crippen LogP contribution in [-0.4, -0.2) is 15.2 Å². The van der Waals surface area contributed by atoms with Gasteiger partial charge < -0.3 is 10.2 Å². The number of phenols is 1.